The minimum Gasteiger partial charge on any atom is -0.462 e. The molecular formula is C50H78N2O6S. The molecule has 8 nitrogen and oxygen atoms in total. The van der Waals surface area contributed by atoms with Gasteiger partial charge < -0.3 is 19.7 Å². The molecule has 1 heterocycles. The first kappa shape index (κ1) is 44.8. The van der Waals surface area contributed by atoms with Crippen molar-refractivity contribution < 1.29 is 27.5 Å². The Bertz CT molecular complexity index is 1810. The second-order valence-corrected chi connectivity index (χ2v) is 24.8. The van der Waals surface area contributed by atoms with Crippen molar-refractivity contribution in [3.63, 3.8) is 0 Å². The number of nitrogens with one attached hydrogen (secondary N) is 1. The van der Waals surface area contributed by atoms with E-state index in [9.17, 15) is 18.0 Å². The minimum absolute atomic E-state index is 0.00628. The van der Waals surface area contributed by atoms with E-state index in [2.05, 4.69) is 58.3 Å². The van der Waals surface area contributed by atoms with Crippen LogP contribution >= 0.6 is 0 Å². The summed E-state index contributed by atoms with van der Waals surface area (Å²) in [5.74, 6) is 2.99. The molecule has 9 heteroatoms. The molecule has 5 saturated carbocycles. The molecule has 0 spiro atoms. The largest absolute Gasteiger partial charge is 0.462 e. The normalized spacial score (nSPS) is 38.8. The lowest BCUT2D eigenvalue weighted by molar-refractivity contribution is -0.250. The van der Waals surface area contributed by atoms with E-state index in [1.807, 2.05) is 30.3 Å². The summed E-state index contributed by atoms with van der Waals surface area (Å²) in [5, 5.41) is 3.81. The number of rotatable bonds is 13. The number of benzene rings is 1. The molecule has 6 aliphatic rings. The maximum Gasteiger partial charge on any atom is 0.312 e. The predicted molar refractivity (Wildman–Crippen MR) is 236 cm³/mol. The van der Waals surface area contributed by atoms with Gasteiger partial charge in [-0.3, -0.25) is 9.59 Å². The fourth-order valence-corrected chi connectivity index (χ4v) is 16.4. The van der Waals surface area contributed by atoms with Gasteiger partial charge in [0, 0.05) is 31.6 Å². The van der Waals surface area contributed by atoms with Gasteiger partial charge in [-0.2, -0.15) is 0 Å². The minimum atomic E-state index is -2.85. The Kier molecular flexibility index (Phi) is 12.5. The Morgan fingerprint density at radius 1 is 0.864 bits per heavy atom. The van der Waals surface area contributed by atoms with Gasteiger partial charge in [0.15, 0.2) is 9.84 Å². The molecule has 0 radical (unpaired) electrons. The summed E-state index contributed by atoms with van der Waals surface area (Å²) in [6.07, 6.45) is 13.2. The second kappa shape index (κ2) is 16.5. The van der Waals surface area contributed by atoms with Gasteiger partial charge >= 0.3 is 11.9 Å². The Hall–Kier alpha value is -2.23. The standard InChI is InChI=1S/C50H78N2O6S/c1-35(2)37-17-22-50(25-26-51-27-28-52-29-31-59(55,56)32-30-52)24-23-48(8)38(43(37)50)15-16-40-47(7)20-19-41(46(5,6)39(47)18-21-49(40,48)9)58-42(53)33-45(3,4)44(54)57-34-36-13-11-10-12-14-36/h10-14,37-41,43,51H,1,15-34H2,2-9H3/t37-,38+,39-,40+,41-,43+,47-,48+,49+,50+/m0/s1. The smallest absolute Gasteiger partial charge is 0.312 e. The zero-order chi connectivity index (χ0) is 42.6. The van der Waals surface area contributed by atoms with Gasteiger partial charge in [-0.15, -0.1) is 0 Å². The molecule has 7 rings (SSSR count). The van der Waals surface area contributed by atoms with Crippen LogP contribution in [0.5, 0.6) is 0 Å². The van der Waals surface area contributed by atoms with Crippen molar-refractivity contribution in [1.82, 2.24) is 10.2 Å². The van der Waals surface area contributed by atoms with Gasteiger partial charge in [-0.05, 0) is 155 Å². The first-order valence-electron chi connectivity index (χ1n) is 23.4. The van der Waals surface area contributed by atoms with E-state index < -0.39 is 15.3 Å². The van der Waals surface area contributed by atoms with E-state index >= 15 is 0 Å². The lowest BCUT2D eigenvalue weighted by Crippen LogP contribution is -2.66. The highest BCUT2D eigenvalue weighted by Gasteiger charge is 2.71. The molecule has 0 unspecified atom stereocenters. The number of esters is 2. The van der Waals surface area contributed by atoms with E-state index in [1.54, 1.807) is 13.8 Å². The quantitative estimate of drug-likeness (QED) is 0.119. The number of carbonyl (C=O) groups excluding carboxylic acids is 2. The molecule has 10 atom stereocenters. The van der Waals surface area contributed by atoms with Gasteiger partial charge in [0.2, 0.25) is 0 Å². The molecule has 0 bridgehead atoms. The van der Waals surface area contributed by atoms with Crippen LogP contribution in [-0.2, 0) is 35.5 Å². The third-order valence-electron chi connectivity index (χ3n) is 18.6. The van der Waals surface area contributed by atoms with Gasteiger partial charge in [0.25, 0.3) is 0 Å². The van der Waals surface area contributed by atoms with Crippen molar-refractivity contribution in [3.05, 3.63) is 48.0 Å². The summed E-state index contributed by atoms with van der Waals surface area (Å²) in [4.78, 5) is 29.1. The van der Waals surface area contributed by atoms with Crippen LogP contribution in [0.3, 0.4) is 0 Å². The molecule has 6 fully saturated rings. The third-order valence-corrected chi connectivity index (χ3v) is 20.3. The molecule has 0 amide bonds. The van der Waals surface area contributed by atoms with Crippen molar-refractivity contribution in [2.45, 2.75) is 145 Å². The Morgan fingerprint density at radius 3 is 2.27 bits per heavy atom. The van der Waals surface area contributed by atoms with Crippen molar-refractivity contribution >= 4 is 21.8 Å². The van der Waals surface area contributed by atoms with Crippen molar-refractivity contribution in [2.24, 2.45) is 62.1 Å². The highest BCUT2D eigenvalue weighted by atomic mass is 32.2. The Balaban J connectivity index is 1.000. The summed E-state index contributed by atoms with van der Waals surface area (Å²) in [6, 6.07) is 9.66. The van der Waals surface area contributed by atoms with Crippen LogP contribution in [0.1, 0.15) is 138 Å². The number of hydrogen-bond donors (Lipinski definition) is 1. The summed E-state index contributed by atoms with van der Waals surface area (Å²) in [6.45, 7) is 27.6. The molecule has 1 aromatic rings. The van der Waals surface area contributed by atoms with Crippen molar-refractivity contribution in [2.75, 3.05) is 44.2 Å². The molecule has 1 aromatic carbocycles. The van der Waals surface area contributed by atoms with Crippen LogP contribution in [0.4, 0.5) is 0 Å². The first-order chi connectivity index (χ1) is 27.7. The Morgan fingerprint density at radius 2 is 1.58 bits per heavy atom. The molecule has 59 heavy (non-hydrogen) atoms. The van der Waals surface area contributed by atoms with Crippen LogP contribution in [0.15, 0.2) is 42.5 Å². The summed E-state index contributed by atoms with van der Waals surface area (Å²) in [7, 11) is -2.85. The lowest BCUT2D eigenvalue weighted by atomic mass is 9.32. The molecule has 5 aliphatic carbocycles. The van der Waals surface area contributed by atoms with Crippen molar-refractivity contribution in [3.8, 4) is 0 Å². The molecule has 1 N–H and O–H groups in total. The van der Waals surface area contributed by atoms with Gasteiger partial charge in [0.05, 0.1) is 23.3 Å². The Labute approximate surface area is 357 Å². The summed E-state index contributed by atoms with van der Waals surface area (Å²) < 4.78 is 35.9. The van der Waals surface area contributed by atoms with Crippen LogP contribution in [0.2, 0.25) is 0 Å². The van der Waals surface area contributed by atoms with Crippen LogP contribution in [-0.4, -0.2) is 75.6 Å². The highest BCUT2D eigenvalue weighted by Crippen LogP contribution is 2.78. The lowest BCUT2D eigenvalue weighted by Gasteiger charge is -2.73. The number of sulfone groups is 1. The average Bonchev–Trinajstić information content (AvgIpc) is 3.56. The van der Waals surface area contributed by atoms with E-state index in [0.717, 1.165) is 44.5 Å². The zero-order valence-corrected chi connectivity index (χ0v) is 38.8. The fraction of sp³-hybridized carbons (Fsp3) is 0.800. The maximum atomic E-state index is 13.6. The molecule has 330 valence electrons. The molecule has 0 aromatic heterocycles. The van der Waals surface area contributed by atoms with Crippen LogP contribution in [0, 0.1) is 62.1 Å². The zero-order valence-electron chi connectivity index (χ0n) is 38.0. The van der Waals surface area contributed by atoms with Gasteiger partial charge in [-0.25, -0.2) is 8.42 Å². The molecule has 1 saturated heterocycles. The maximum absolute atomic E-state index is 13.6. The summed E-state index contributed by atoms with van der Waals surface area (Å²) >= 11 is 0. The van der Waals surface area contributed by atoms with Crippen LogP contribution in [0.25, 0.3) is 0 Å². The van der Waals surface area contributed by atoms with Gasteiger partial charge in [0.1, 0.15) is 12.7 Å². The second-order valence-electron chi connectivity index (χ2n) is 22.5. The SMILES string of the molecule is C=C(C)[C@@H]1CC[C@]2(CCNCCN3CCS(=O)(=O)CC3)CC[C@]3(C)[C@H](CC[C@@H]4[C@@]5(C)CC[C@H](OC(=O)CC(C)(C)C(=O)OCc6ccccc6)C(C)(C)[C@@H]5CC[C@]43C)[C@@H]12. The van der Waals surface area contributed by atoms with E-state index in [-0.39, 0.29) is 52.7 Å². The van der Waals surface area contributed by atoms with E-state index in [4.69, 9.17) is 9.47 Å². The number of ether oxygens (including phenoxy) is 2. The highest BCUT2D eigenvalue weighted by molar-refractivity contribution is 7.91. The predicted octanol–water partition coefficient (Wildman–Crippen LogP) is 9.43. The number of hydrogen-bond acceptors (Lipinski definition) is 8. The third kappa shape index (κ3) is 8.25. The number of fused-ring (bicyclic) bond motifs is 7. The number of nitrogens with zero attached hydrogens (tertiary/aromatic N) is 1. The van der Waals surface area contributed by atoms with E-state index in [1.165, 1.54) is 56.9 Å². The molecular weight excluding hydrogens is 757 g/mol. The van der Waals surface area contributed by atoms with Crippen molar-refractivity contribution in [1.29, 1.82) is 0 Å². The van der Waals surface area contributed by atoms with Crippen LogP contribution < -0.4 is 5.32 Å². The average molecular weight is 835 g/mol. The monoisotopic (exact) mass is 835 g/mol. The number of allylic oxidation sites excluding steroid dienone is 1. The van der Waals surface area contributed by atoms with Gasteiger partial charge in [-0.1, -0.05) is 77.1 Å². The fourth-order valence-electron chi connectivity index (χ4n) is 15.1. The summed E-state index contributed by atoms with van der Waals surface area (Å²) in [5.41, 5.74) is 2.23. The number of carbonyl (C=O) groups is 2. The van der Waals surface area contributed by atoms with E-state index in [0.29, 0.717) is 59.6 Å². The topological polar surface area (TPSA) is 102 Å². The first-order valence-corrected chi connectivity index (χ1v) is 25.2. The molecule has 1 aliphatic heterocycles.